The average Bonchev–Trinajstić information content (AvgIpc) is 2.29. The molecule has 0 aliphatic heterocycles. The number of hydrogen-bond acceptors (Lipinski definition) is 3. The minimum Gasteiger partial charge on any atom is -0.495 e. The van der Waals surface area contributed by atoms with E-state index in [2.05, 4.69) is 20.9 Å². The Labute approximate surface area is 100 Å². The van der Waals surface area contributed by atoms with E-state index in [1.165, 1.54) is 13.2 Å². The highest BCUT2D eigenvalue weighted by Gasteiger charge is 2.14. The Balaban J connectivity index is 3.00. The number of fused-ring (bicyclic) bond motifs is 1. The minimum absolute atomic E-state index is 0.106. The number of methoxy groups -OCH3 is 2. The quantitative estimate of drug-likeness (QED) is 0.920. The highest BCUT2D eigenvalue weighted by Crippen LogP contribution is 2.36. The Bertz CT molecular complexity index is 592. The van der Waals surface area contributed by atoms with Crippen LogP contribution < -0.4 is 14.9 Å². The van der Waals surface area contributed by atoms with Crippen LogP contribution in [0.1, 0.15) is 0 Å². The van der Waals surface area contributed by atoms with Crippen LogP contribution in [0.4, 0.5) is 0 Å². The van der Waals surface area contributed by atoms with Crippen molar-refractivity contribution in [1.29, 1.82) is 0 Å². The van der Waals surface area contributed by atoms with Gasteiger partial charge in [-0.15, -0.1) is 0 Å². The fourth-order valence-electron chi connectivity index (χ4n) is 1.63. The van der Waals surface area contributed by atoms with Crippen LogP contribution in [-0.4, -0.2) is 19.2 Å². The van der Waals surface area contributed by atoms with Gasteiger partial charge in [-0.25, -0.2) is 0 Å². The number of ether oxygens (including phenoxy) is 2. The smallest absolute Gasteiger partial charge is 0.193 e. The second-order valence-electron chi connectivity index (χ2n) is 3.19. The fourth-order valence-corrected chi connectivity index (χ4v) is 2.20. The SMILES string of the molecule is COc1cc(Br)c(OC)c2c(=O)cc[nH]c12. The Morgan fingerprint density at radius 2 is 2.06 bits per heavy atom. The van der Waals surface area contributed by atoms with Gasteiger partial charge < -0.3 is 14.5 Å². The molecule has 2 rings (SSSR count). The summed E-state index contributed by atoms with van der Waals surface area (Å²) < 4.78 is 11.1. The van der Waals surface area contributed by atoms with Gasteiger partial charge in [-0.3, -0.25) is 4.79 Å². The summed E-state index contributed by atoms with van der Waals surface area (Å²) in [7, 11) is 3.08. The van der Waals surface area contributed by atoms with Gasteiger partial charge in [0.1, 0.15) is 11.5 Å². The van der Waals surface area contributed by atoms with Crippen LogP contribution in [0, 0.1) is 0 Å². The highest BCUT2D eigenvalue weighted by molar-refractivity contribution is 9.10. The van der Waals surface area contributed by atoms with Crippen molar-refractivity contribution in [2.24, 2.45) is 0 Å². The van der Waals surface area contributed by atoms with E-state index < -0.39 is 0 Å². The molecule has 1 aromatic carbocycles. The number of H-pyrrole nitrogens is 1. The molecule has 1 N–H and O–H groups in total. The number of aromatic nitrogens is 1. The minimum atomic E-state index is -0.106. The van der Waals surface area contributed by atoms with Gasteiger partial charge in [0.2, 0.25) is 0 Å². The van der Waals surface area contributed by atoms with Crippen molar-refractivity contribution in [2.45, 2.75) is 0 Å². The van der Waals surface area contributed by atoms with Gasteiger partial charge in [-0.1, -0.05) is 0 Å². The second-order valence-corrected chi connectivity index (χ2v) is 4.04. The zero-order valence-corrected chi connectivity index (χ0v) is 10.4. The van der Waals surface area contributed by atoms with E-state index in [0.717, 1.165) is 0 Å². The zero-order valence-electron chi connectivity index (χ0n) is 8.83. The van der Waals surface area contributed by atoms with Crippen LogP contribution in [-0.2, 0) is 0 Å². The van der Waals surface area contributed by atoms with Gasteiger partial charge in [-0.2, -0.15) is 0 Å². The summed E-state index contributed by atoms with van der Waals surface area (Å²) in [6, 6.07) is 3.22. The topological polar surface area (TPSA) is 51.3 Å². The van der Waals surface area contributed by atoms with Gasteiger partial charge in [0.15, 0.2) is 5.43 Å². The molecule has 0 bridgehead atoms. The normalized spacial score (nSPS) is 10.4. The van der Waals surface area contributed by atoms with Crippen molar-refractivity contribution in [3.63, 3.8) is 0 Å². The molecule has 1 heterocycles. The molecule has 16 heavy (non-hydrogen) atoms. The molecule has 2 aromatic rings. The maximum Gasteiger partial charge on any atom is 0.193 e. The van der Waals surface area contributed by atoms with E-state index in [1.807, 2.05) is 0 Å². The van der Waals surface area contributed by atoms with Crippen molar-refractivity contribution >= 4 is 26.8 Å². The van der Waals surface area contributed by atoms with Gasteiger partial charge in [0.05, 0.1) is 29.6 Å². The first kappa shape index (κ1) is 11.0. The number of aromatic amines is 1. The molecule has 0 saturated heterocycles. The van der Waals surface area contributed by atoms with Crippen LogP contribution in [0.25, 0.3) is 10.9 Å². The van der Waals surface area contributed by atoms with Crippen LogP contribution in [0.5, 0.6) is 11.5 Å². The zero-order chi connectivity index (χ0) is 11.7. The third-order valence-corrected chi connectivity index (χ3v) is 2.92. The first-order chi connectivity index (χ1) is 7.69. The van der Waals surface area contributed by atoms with Crippen molar-refractivity contribution in [3.8, 4) is 11.5 Å². The maximum atomic E-state index is 11.8. The number of nitrogens with one attached hydrogen (secondary N) is 1. The lowest BCUT2D eigenvalue weighted by atomic mass is 10.2. The highest BCUT2D eigenvalue weighted by atomic mass is 79.9. The standard InChI is InChI=1S/C11H10BrNO3/c1-15-8-5-6(12)11(16-2)9-7(14)3-4-13-10(8)9/h3-5H,1-2H3,(H,13,14). The van der Waals surface area contributed by atoms with Gasteiger partial charge in [-0.05, 0) is 15.9 Å². The van der Waals surface area contributed by atoms with E-state index in [1.54, 1.807) is 19.4 Å². The molecule has 0 spiro atoms. The molecule has 84 valence electrons. The molecule has 5 heteroatoms. The second kappa shape index (κ2) is 4.17. The van der Waals surface area contributed by atoms with E-state index in [9.17, 15) is 4.79 Å². The summed E-state index contributed by atoms with van der Waals surface area (Å²) in [6.45, 7) is 0. The molecule has 0 aliphatic rings. The number of benzene rings is 1. The maximum absolute atomic E-state index is 11.8. The van der Waals surface area contributed by atoms with Crippen LogP contribution in [0.2, 0.25) is 0 Å². The first-order valence-electron chi connectivity index (χ1n) is 4.61. The number of rotatable bonds is 2. The molecule has 0 aliphatic carbocycles. The molecule has 0 saturated carbocycles. The molecule has 1 aromatic heterocycles. The Kier molecular flexibility index (Phi) is 2.87. The average molecular weight is 284 g/mol. The predicted octanol–water partition coefficient (Wildman–Crippen LogP) is 2.31. The lowest BCUT2D eigenvalue weighted by Gasteiger charge is -2.10. The number of hydrogen-bond donors (Lipinski definition) is 1. The summed E-state index contributed by atoms with van der Waals surface area (Å²) in [4.78, 5) is 14.8. The van der Waals surface area contributed by atoms with Gasteiger partial charge >= 0.3 is 0 Å². The van der Waals surface area contributed by atoms with Crippen molar-refractivity contribution in [3.05, 3.63) is 33.0 Å². The lowest BCUT2D eigenvalue weighted by Crippen LogP contribution is -2.04. The molecule has 0 atom stereocenters. The van der Waals surface area contributed by atoms with E-state index in [0.29, 0.717) is 26.9 Å². The molecule has 0 unspecified atom stereocenters. The van der Waals surface area contributed by atoms with Crippen molar-refractivity contribution in [1.82, 2.24) is 4.98 Å². The fraction of sp³-hybridized carbons (Fsp3) is 0.182. The van der Waals surface area contributed by atoms with Crippen LogP contribution in [0.15, 0.2) is 27.6 Å². The van der Waals surface area contributed by atoms with Crippen molar-refractivity contribution in [2.75, 3.05) is 14.2 Å². The van der Waals surface area contributed by atoms with Crippen LogP contribution >= 0.6 is 15.9 Å². The predicted molar refractivity (Wildman–Crippen MR) is 65.4 cm³/mol. The summed E-state index contributed by atoms with van der Waals surface area (Å²) in [5.41, 5.74) is 0.528. The first-order valence-corrected chi connectivity index (χ1v) is 5.40. The van der Waals surface area contributed by atoms with Gasteiger partial charge in [0.25, 0.3) is 0 Å². The molecular formula is C11H10BrNO3. The Hall–Kier alpha value is -1.49. The third-order valence-electron chi connectivity index (χ3n) is 2.33. The molecule has 0 fully saturated rings. The summed E-state index contributed by atoms with van der Waals surface area (Å²) in [6.07, 6.45) is 1.58. The van der Waals surface area contributed by atoms with Crippen LogP contribution in [0.3, 0.4) is 0 Å². The van der Waals surface area contributed by atoms with Crippen molar-refractivity contribution < 1.29 is 9.47 Å². The van der Waals surface area contributed by atoms with E-state index in [4.69, 9.17) is 9.47 Å². The van der Waals surface area contributed by atoms with E-state index >= 15 is 0 Å². The summed E-state index contributed by atoms with van der Waals surface area (Å²) >= 11 is 3.35. The molecule has 0 radical (unpaired) electrons. The molecule has 4 nitrogen and oxygen atoms in total. The monoisotopic (exact) mass is 283 g/mol. The van der Waals surface area contributed by atoms with Gasteiger partial charge in [0, 0.05) is 18.3 Å². The summed E-state index contributed by atoms with van der Waals surface area (Å²) in [5.74, 6) is 1.11. The molecular weight excluding hydrogens is 274 g/mol. The number of pyridine rings is 1. The third kappa shape index (κ3) is 1.57. The Morgan fingerprint density at radius 1 is 1.31 bits per heavy atom. The van der Waals surface area contributed by atoms with E-state index in [-0.39, 0.29) is 5.43 Å². The molecule has 0 amide bonds. The largest absolute Gasteiger partial charge is 0.495 e. The summed E-state index contributed by atoms with van der Waals surface area (Å²) in [5, 5.41) is 0.483. The number of halogens is 1. The lowest BCUT2D eigenvalue weighted by molar-refractivity contribution is 0.407. The Morgan fingerprint density at radius 3 is 2.69 bits per heavy atom.